The predicted molar refractivity (Wildman–Crippen MR) is 105 cm³/mol. The van der Waals surface area contributed by atoms with Crippen molar-refractivity contribution in [2.75, 3.05) is 6.54 Å². The van der Waals surface area contributed by atoms with Crippen molar-refractivity contribution in [3.05, 3.63) is 24.3 Å². The lowest BCUT2D eigenvalue weighted by Gasteiger charge is -2.58. The van der Waals surface area contributed by atoms with E-state index in [0.717, 1.165) is 24.7 Å². The second-order valence-corrected chi connectivity index (χ2v) is 9.68. The first kappa shape index (κ1) is 18.7. The topological polar surface area (TPSA) is 29.1 Å². The molecule has 2 fully saturated rings. The molecule has 2 saturated carbocycles. The summed E-state index contributed by atoms with van der Waals surface area (Å²) >= 11 is 0. The van der Waals surface area contributed by atoms with Crippen LogP contribution in [0.2, 0.25) is 0 Å². The summed E-state index contributed by atoms with van der Waals surface area (Å²) in [5.74, 6) is 3.06. The summed E-state index contributed by atoms with van der Waals surface area (Å²) in [6.45, 7) is 13.8. The first-order chi connectivity index (χ1) is 11.8. The number of carbonyl (C=O) groups is 1. The maximum absolute atomic E-state index is 13.0. The zero-order valence-electron chi connectivity index (χ0n) is 16.7. The van der Waals surface area contributed by atoms with Gasteiger partial charge in [-0.05, 0) is 67.6 Å². The Morgan fingerprint density at radius 2 is 2.12 bits per heavy atom. The van der Waals surface area contributed by atoms with Crippen LogP contribution in [0.25, 0.3) is 0 Å². The van der Waals surface area contributed by atoms with Gasteiger partial charge in [-0.3, -0.25) is 4.79 Å². The molecule has 0 aromatic heterocycles. The van der Waals surface area contributed by atoms with Crippen LogP contribution in [0.4, 0.5) is 0 Å². The Balaban J connectivity index is 1.87. The number of amides is 1. The zero-order valence-corrected chi connectivity index (χ0v) is 16.7. The molecule has 0 aromatic rings. The van der Waals surface area contributed by atoms with Crippen molar-refractivity contribution in [3.63, 3.8) is 0 Å². The van der Waals surface area contributed by atoms with Gasteiger partial charge in [0.25, 0.3) is 0 Å². The number of fused-ring (bicyclic) bond motifs is 3. The van der Waals surface area contributed by atoms with E-state index in [1.165, 1.54) is 32.1 Å². The number of nitrogens with one attached hydrogen (secondary N) is 1. The number of hydrogen-bond acceptors (Lipinski definition) is 1. The third-order valence-corrected chi connectivity index (χ3v) is 8.03. The van der Waals surface area contributed by atoms with Crippen LogP contribution in [-0.4, -0.2) is 12.5 Å². The van der Waals surface area contributed by atoms with Crippen LogP contribution in [0, 0.1) is 34.5 Å². The van der Waals surface area contributed by atoms with E-state index in [2.05, 4.69) is 45.7 Å². The van der Waals surface area contributed by atoms with Gasteiger partial charge in [0.1, 0.15) is 0 Å². The molecule has 0 spiro atoms. The molecule has 25 heavy (non-hydrogen) atoms. The Hall–Kier alpha value is -1.05. The summed E-state index contributed by atoms with van der Waals surface area (Å²) in [4.78, 5) is 13.0. The first-order valence-corrected chi connectivity index (χ1v) is 10.4. The minimum atomic E-state index is -0.229. The van der Waals surface area contributed by atoms with Crippen molar-refractivity contribution in [2.45, 2.75) is 72.6 Å². The van der Waals surface area contributed by atoms with E-state index >= 15 is 0 Å². The number of allylic oxidation sites excluding steroid dienone is 2. The molecule has 0 aliphatic heterocycles. The zero-order chi connectivity index (χ0) is 18.2. The van der Waals surface area contributed by atoms with Crippen LogP contribution in [0.15, 0.2) is 24.3 Å². The summed E-state index contributed by atoms with van der Waals surface area (Å²) < 4.78 is 0. The Morgan fingerprint density at radius 3 is 2.80 bits per heavy atom. The second-order valence-electron chi connectivity index (χ2n) is 9.68. The Morgan fingerprint density at radius 1 is 1.36 bits per heavy atom. The van der Waals surface area contributed by atoms with Gasteiger partial charge in [0.15, 0.2) is 0 Å². The third-order valence-electron chi connectivity index (χ3n) is 8.03. The van der Waals surface area contributed by atoms with Gasteiger partial charge in [0, 0.05) is 6.54 Å². The fourth-order valence-electron chi connectivity index (χ4n) is 6.43. The largest absolute Gasteiger partial charge is 0.352 e. The van der Waals surface area contributed by atoms with Crippen molar-refractivity contribution >= 4 is 5.91 Å². The predicted octanol–water partition coefficient (Wildman–Crippen LogP) is 5.50. The van der Waals surface area contributed by atoms with Crippen LogP contribution in [0.3, 0.4) is 0 Å². The smallest absolute Gasteiger partial charge is 0.226 e. The van der Waals surface area contributed by atoms with Gasteiger partial charge < -0.3 is 5.32 Å². The maximum Gasteiger partial charge on any atom is 0.226 e. The Labute approximate surface area is 154 Å². The highest BCUT2D eigenvalue weighted by Gasteiger charge is 2.57. The molecule has 5 atom stereocenters. The van der Waals surface area contributed by atoms with Gasteiger partial charge in [-0.15, -0.1) is 6.58 Å². The lowest BCUT2D eigenvalue weighted by Crippen LogP contribution is -2.56. The van der Waals surface area contributed by atoms with Gasteiger partial charge in [0.2, 0.25) is 5.91 Å². The van der Waals surface area contributed by atoms with E-state index < -0.39 is 0 Å². The van der Waals surface area contributed by atoms with Crippen LogP contribution < -0.4 is 5.32 Å². The summed E-state index contributed by atoms with van der Waals surface area (Å²) in [6, 6.07) is 0. The summed E-state index contributed by atoms with van der Waals surface area (Å²) in [7, 11) is 0. The van der Waals surface area contributed by atoms with E-state index in [1.807, 2.05) is 0 Å². The molecular formula is C23H37NO. The lowest BCUT2D eigenvalue weighted by atomic mass is 9.46. The molecule has 140 valence electrons. The Bertz CT molecular complexity index is 562. The van der Waals surface area contributed by atoms with E-state index in [9.17, 15) is 4.79 Å². The highest BCUT2D eigenvalue weighted by molar-refractivity contribution is 5.83. The molecule has 1 amide bonds. The van der Waals surface area contributed by atoms with E-state index in [-0.39, 0.29) is 11.3 Å². The molecule has 0 heterocycles. The van der Waals surface area contributed by atoms with Gasteiger partial charge in [-0.2, -0.15) is 0 Å². The molecule has 2 nitrogen and oxygen atoms in total. The van der Waals surface area contributed by atoms with Crippen molar-refractivity contribution in [2.24, 2.45) is 34.5 Å². The quantitative estimate of drug-likeness (QED) is 0.671. The number of carbonyl (C=O) groups excluding carboxylic acids is 1. The maximum atomic E-state index is 13.0. The standard InChI is InChI=1S/C23H37NO/c1-6-14-24-21(25)23(5)13-7-12-22(4)19-10-8-17(16(2)3)15-18(19)9-11-20(22)23/h6,9,16-17,19-20H,1,7-8,10-15H2,2-5H3,(H,24,25)/t17?,19-,20?,22-,23+/m1/s1. The fraction of sp³-hybridized carbons (Fsp3) is 0.783. The average Bonchev–Trinajstić information content (AvgIpc) is 2.58. The van der Waals surface area contributed by atoms with Gasteiger partial charge in [0.05, 0.1) is 5.41 Å². The van der Waals surface area contributed by atoms with E-state index in [0.29, 0.717) is 23.8 Å². The van der Waals surface area contributed by atoms with Crippen molar-refractivity contribution in [1.29, 1.82) is 0 Å². The number of hydrogen-bond donors (Lipinski definition) is 1. The second kappa shape index (κ2) is 6.93. The molecule has 3 rings (SSSR count). The Kier molecular flexibility index (Phi) is 5.19. The van der Waals surface area contributed by atoms with Crippen LogP contribution in [-0.2, 0) is 4.79 Å². The van der Waals surface area contributed by atoms with Gasteiger partial charge >= 0.3 is 0 Å². The highest BCUT2D eigenvalue weighted by Crippen LogP contribution is 2.62. The minimum Gasteiger partial charge on any atom is -0.352 e. The molecule has 3 aliphatic carbocycles. The van der Waals surface area contributed by atoms with Crippen LogP contribution >= 0.6 is 0 Å². The van der Waals surface area contributed by atoms with Crippen LogP contribution in [0.1, 0.15) is 72.6 Å². The third kappa shape index (κ3) is 3.11. The van der Waals surface area contributed by atoms with E-state index in [1.54, 1.807) is 11.6 Å². The molecule has 0 radical (unpaired) electrons. The van der Waals surface area contributed by atoms with Gasteiger partial charge in [-0.25, -0.2) is 0 Å². The fourth-order valence-corrected chi connectivity index (χ4v) is 6.43. The summed E-state index contributed by atoms with van der Waals surface area (Å²) in [5, 5.41) is 3.11. The SMILES string of the molecule is C=CCNC(=O)[C@@]1(C)CCC[C@@]2(C)C1CC=C1CC(C(C)C)CC[C@H]12. The molecule has 1 N–H and O–H groups in total. The van der Waals surface area contributed by atoms with Crippen molar-refractivity contribution < 1.29 is 4.79 Å². The van der Waals surface area contributed by atoms with Gasteiger partial charge in [-0.1, -0.05) is 51.8 Å². The molecule has 3 aliphatic rings. The molecule has 0 bridgehead atoms. The van der Waals surface area contributed by atoms with Crippen LogP contribution in [0.5, 0.6) is 0 Å². The van der Waals surface area contributed by atoms with Crippen molar-refractivity contribution in [1.82, 2.24) is 5.32 Å². The lowest BCUT2D eigenvalue weighted by molar-refractivity contribution is -0.144. The van der Waals surface area contributed by atoms with E-state index in [4.69, 9.17) is 0 Å². The summed E-state index contributed by atoms with van der Waals surface area (Å²) in [5.41, 5.74) is 1.79. The number of rotatable bonds is 4. The highest BCUT2D eigenvalue weighted by atomic mass is 16.2. The molecule has 0 aromatic carbocycles. The molecule has 2 unspecified atom stereocenters. The summed E-state index contributed by atoms with van der Waals surface area (Å²) in [6.07, 6.45) is 12.9. The normalized spacial score (nSPS) is 40.7. The average molecular weight is 344 g/mol. The minimum absolute atomic E-state index is 0.229. The molecule has 0 saturated heterocycles. The first-order valence-electron chi connectivity index (χ1n) is 10.4. The monoisotopic (exact) mass is 343 g/mol. The molecule has 2 heteroatoms. The molecular weight excluding hydrogens is 306 g/mol. The van der Waals surface area contributed by atoms with Crippen molar-refractivity contribution in [3.8, 4) is 0 Å².